The van der Waals surface area contributed by atoms with Crippen molar-refractivity contribution in [1.29, 1.82) is 5.39 Å². The van der Waals surface area contributed by atoms with Crippen molar-refractivity contribution in [3.05, 3.63) is 34.4 Å². The van der Waals surface area contributed by atoms with Gasteiger partial charge in [0.1, 0.15) is 5.75 Å². The van der Waals surface area contributed by atoms with E-state index in [2.05, 4.69) is 0 Å². The standard InChI is InChI=1S/C7H7NO3.N2/c1-11-7-4-2-3-6(5-7)8(9)10;1-2/h2-5H,1H3;/p+1. The van der Waals surface area contributed by atoms with Crippen LogP contribution in [0.5, 0.6) is 5.75 Å². The zero-order chi connectivity index (χ0) is 10.3. The van der Waals surface area contributed by atoms with E-state index < -0.39 is 4.92 Å². The van der Waals surface area contributed by atoms with E-state index in [-0.39, 0.29) is 5.69 Å². The Hall–Kier alpha value is -2.16. The summed E-state index contributed by atoms with van der Waals surface area (Å²) in [4.78, 5) is 9.76. The number of non-ortho nitro benzene ring substituents is 1. The average Bonchev–Trinajstić information content (AvgIpc) is 2.21. The topological polar surface area (TPSA) is 100.0 Å². The second-order valence-electron chi connectivity index (χ2n) is 1.96. The second-order valence-corrected chi connectivity index (χ2v) is 1.96. The van der Waals surface area contributed by atoms with Crippen molar-refractivity contribution in [2.24, 2.45) is 0 Å². The highest BCUT2D eigenvalue weighted by molar-refractivity contribution is 5.37. The Bertz CT molecular complexity index is 311. The molecule has 0 saturated heterocycles. The zero-order valence-electron chi connectivity index (χ0n) is 6.93. The smallest absolute Gasteiger partial charge is 0.273 e. The molecule has 0 aliphatic heterocycles. The molecule has 0 heterocycles. The van der Waals surface area contributed by atoms with Gasteiger partial charge in [-0.3, -0.25) is 10.1 Å². The van der Waals surface area contributed by atoms with Gasteiger partial charge in [-0.25, -0.2) is 0 Å². The molecule has 0 aliphatic rings. The Kier molecular flexibility index (Phi) is 4.57. The van der Waals surface area contributed by atoms with Crippen LogP contribution in [0.4, 0.5) is 5.69 Å². The van der Waals surface area contributed by atoms with Gasteiger partial charge in [0.25, 0.3) is 5.69 Å². The summed E-state index contributed by atoms with van der Waals surface area (Å²) in [5.74, 6) is 0.499. The molecule has 0 bridgehead atoms. The van der Waals surface area contributed by atoms with Crippen LogP contribution in [-0.2, 0) is 0 Å². The highest BCUT2D eigenvalue weighted by atomic mass is 16.6. The minimum Gasteiger partial charge on any atom is -0.497 e. The summed E-state index contributed by atoms with van der Waals surface area (Å²) in [6, 6.07) is 6.03. The molecule has 68 valence electrons. The first-order valence-corrected chi connectivity index (χ1v) is 3.25. The van der Waals surface area contributed by atoms with E-state index in [1.54, 1.807) is 12.1 Å². The number of hydrogen-bond donors (Lipinski definition) is 1. The maximum absolute atomic E-state index is 10.2. The number of nitro benzene ring substituents is 1. The fraction of sp³-hybridized carbons (Fsp3) is 0.143. The van der Waals surface area contributed by atoms with Crippen LogP contribution in [-0.4, -0.2) is 12.0 Å². The molecule has 6 heteroatoms. The van der Waals surface area contributed by atoms with Crippen molar-refractivity contribution in [1.82, 2.24) is 0 Å². The van der Waals surface area contributed by atoms with Gasteiger partial charge < -0.3 is 4.74 Å². The molecule has 0 unspecified atom stereocenters. The number of nitrogens with zero attached hydrogens (tertiary/aromatic N) is 2. The van der Waals surface area contributed by atoms with Crippen LogP contribution >= 0.6 is 0 Å². The third kappa shape index (κ3) is 3.16. The Morgan fingerprint density at radius 3 is 2.62 bits per heavy atom. The number of benzene rings is 1. The molecule has 1 aromatic rings. The van der Waals surface area contributed by atoms with Gasteiger partial charge in [-0.15, -0.1) is 0 Å². The Morgan fingerprint density at radius 2 is 2.15 bits per heavy atom. The van der Waals surface area contributed by atoms with Gasteiger partial charge in [0.2, 0.25) is 5.39 Å². The number of ether oxygens (including phenoxy) is 1. The molecule has 0 amide bonds. The van der Waals surface area contributed by atoms with Crippen LogP contribution in [0, 0.1) is 15.5 Å². The van der Waals surface area contributed by atoms with Gasteiger partial charge in [0.15, 0.2) is 0 Å². The molecule has 0 fully saturated rings. The fourth-order valence-corrected chi connectivity index (χ4v) is 0.724. The third-order valence-corrected chi connectivity index (χ3v) is 1.26. The van der Waals surface area contributed by atoms with Crippen molar-refractivity contribution in [2.45, 2.75) is 0 Å². The molecule has 0 saturated carbocycles. The van der Waals surface area contributed by atoms with E-state index in [1.807, 2.05) is 0 Å². The summed E-state index contributed by atoms with van der Waals surface area (Å²) in [6.07, 6.45) is 0. The second kappa shape index (κ2) is 5.49. The molecular formula is C7H8N3O3+. The Labute approximate surface area is 74.3 Å². The fourth-order valence-electron chi connectivity index (χ4n) is 0.724. The first-order chi connectivity index (χ1) is 6.24. The van der Waals surface area contributed by atoms with Crippen molar-refractivity contribution in [3.8, 4) is 5.75 Å². The van der Waals surface area contributed by atoms with Crippen molar-refractivity contribution >= 4 is 5.69 Å². The number of hydrogen-bond acceptors (Lipinski definition) is 4. The van der Waals surface area contributed by atoms with Crippen LogP contribution in [0.25, 0.3) is 0 Å². The van der Waals surface area contributed by atoms with E-state index in [0.717, 1.165) is 0 Å². The molecule has 1 N–H and O–H groups in total. The zero-order valence-corrected chi connectivity index (χ0v) is 6.93. The number of methoxy groups -OCH3 is 1. The summed E-state index contributed by atoms with van der Waals surface area (Å²) < 4.78 is 4.80. The summed E-state index contributed by atoms with van der Waals surface area (Å²) >= 11 is 0. The van der Waals surface area contributed by atoms with E-state index in [0.29, 0.717) is 5.75 Å². The lowest BCUT2D eigenvalue weighted by Crippen LogP contribution is -2.11. The summed E-state index contributed by atoms with van der Waals surface area (Å²) in [5.41, 5.74) is 0.0457. The average molecular weight is 182 g/mol. The van der Waals surface area contributed by atoms with Gasteiger partial charge in [-0.2, -0.15) is 0 Å². The molecule has 1 rings (SSSR count). The Morgan fingerprint density at radius 1 is 1.54 bits per heavy atom. The first kappa shape index (κ1) is 10.8. The predicted octanol–water partition coefficient (Wildman–Crippen LogP) is -0.117. The lowest BCUT2D eigenvalue weighted by molar-refractivity contribution is -0.384. The van der Waals surface area contributed by atoms with Crippen LogP contribution < -0.4 is 10.1 Å². The molecule has 6 nitrogen and oxygen atoms in total. The summed E-state index contributed by atoms with van der Waals surface area (Å²) in [6.45, 7) is 0. The molecule has 0 aromatic heterocycles. The molecule has 0 atom stereocenters. The quantitative estimate of drug-likeness (QED) is 0.391. The minimum absolute atomic E-state index is 0.0457. The summed E-state index contributed by atoms with van der Waals surface area (Å²) in [5, 5.41) is 21.2. The van der Waals surface area contributed by atoms with Gasteiger partial charge in [0.05, 0.1) is 23.5 Å². The van der Waals surface area contributed by atoms with Crippen molar-refractivity contribution < 1.29 is 15.1 Å². The number of diazo groups is 1. The van der Waals surface area contributed by atoms with Crippen LogP contribution in [0.15, 0.2) is 24.3 Å². The normalized spacial score (nSPS) is 7.92. The van der Waals surface area contributed by atoms with Gasteiger partial charge in [0, 0.05) is 6.07 Å². The monoisotopic (exact) mass is 182 g/mol. The van der Waals surface area contributed by atoms with Gasteiger partial charge >= 0.3 is 0 Å². The molecular weight excluding hydrogens is 174 g/mol. The molecule has 0 spiro atoms. The Balaban J connectivity index is 0.000000671. The van der Waals surface area contributed by atoms with Crippen molar-refractivity contribution in [2.75, 3.05) is 7.11 Å². The maximum Gasteiger partial charge on any atom is 0.273 e. The molecule has 1 aromatic carbocycles. The van der Waals surface area contributed by atoms with Crippen LogP contribution in [0.2, 0.25) is 0 Å². The van der Waals surface area contributed by atoms with E-state index in [1.165, 1.54) is 19.2 Å². The molecule has 0 radical (unpaired) electrons. The third-order valence-electron chi connectivity index (χ3n) is 1.26. The van der Waals surface area contributed by atoms with E-state index >= 15 is 0 Å². The van der Waals surface area contributed by atoms with E-state index in [4.69, 9.17) is 15.5 Å². The minimum atomic E-state index is -0.456. The van der Waals surface area contributed by atoms with Crippen LogP contribution in [0.3, 0.4) is 0 Å². The van der Waals surface area contributed by atoms with E-state index in [9.17, 15) is 10.1 Å². The number of nitro groups is 1. The van der Waals surface area contributed by atoms with Crippen LogP contribution in [0.1, 0.15) is 0 Å². The van der Waals surface area contributed by atoms with Gasteiger partial charge in [-0.1, -0.05) is 6.07 Å². The lowest BCUT2D eigenvalue weighted by Gasteiger charge is -1.96. The molecule has 13 heavy (non-hydrogen) atoms. The largest absolute Gasteiger partial charge is 0.497 e. The lowest BCUT2D eigenvalue weighted by atomic mass is 10.3. The first-order valence-electron chi connectivity index (χ1n) is 3.25. The number of rotatable bonds is 2. The summed E-state index contributed by atoms with van der Waals surface area (Å²) in [7, 11) is 1.47. The SMILES string of the molecule is COc1cccc([N+](=O)[O-])c1.N#[NH+]. The maximum atomic E-state index is 10.2. The van der Waals surface area contributed by atoms with Gasteiger partial charge in [-0.05, 0) is 6.07 Å². The highest BCUT2D eigenvalue weighted by Gasteiger charge is 2.04. The highest BCUT2D eigenvalue weighted by Crippen LogP contribution is 2.17. The predicted molar refractivity (Wildman–Crippen MR) is 42.3 cm³/mol. The molecule has 0 aliphatic carbocycles. The van der Waals surface area contributed by atoms with Crippen molar-refractivity contribution in [3.63, 3.8) is 0 Å². The number of nitrogens with one attached hydrogen (secondary N) is 1.